The third kappa shape index (κ3) is 3.75. The molecule has 1 aliphatic heterocycles. The Morgan fingerprint density at radius 3 is 2.76 bits per heavy atom. The Balaban J connectivity index is 1.87. The number of aryl methyl sites for hydroxylation is 1. The van der Waals surface area contributed by atoms with Crippen LogP contribution in [-0.2, 0) is 18.3 Å². The van der Waals surface area contributed by atoms with Crippen LogP contribution in [-0.4, -0.2) is 74.6 Å². The zero-order valence-electron chi connectivity index (χ0n) is 14.5. The van der Waals surface area contributed by atoms with Gasteiger partial charge in [-0.1, -0.05) is 0 Å². The van der Waals surface area contributed by atoms with E-state index in [4.69, 9.17) is 4.74 Å². The van der Waals surface area contributed by atoms with Crippen molar-refractivity contribution in [2.24, 2.45) is 7.05 Å². The molecule has 1 aliphatic rings. The molecule has 0 bridgehead atoms. The molecule has 0 spiro atoms. The van der Waals surface area contributed by atoms with Crippen molar-refractivity contribution >= 4 is 17.1 Å². The zero-order valence-corrected chi connectivity index (χ0v) is 14.5. The summed E-state index contributed by atoms with van der Waals surface area (Å²) in [5.74, 6) is 0.468. The van der Waals surface area contributed by atoms with E-state index in [9.17, 15) is 14.7 Å². The number of H-pyrrole nitrogens is 1. The van der Waals surface area contributed by atoms with Gasteiger partial charge in [0.05, 0.1) is 25.9 Å². The van der Waals surface area contributed by atoms with Gasteiger partial charge >= 0.3 is 5.69 Å². The van der Waals surface area contributed by atoms with Crippen LogP contribution < -0.4 is 16.6 Å². The molecule has 3 N–H and O–H groups in total. The number of nitrogens with zero attached hydrogens (tertiary/aromatic N) is 4. The Morgan fingerprint density at radius 2 is 2.08 bits per heavy atom. The van der Waals surface area contributed by atoms with E-state index in [0.717, 1.165) is 32.8 Å². The summed E-state index contributed by atoms with van der Waals surface area (Å²) >= 11 is 0. The topological polar surface area (TPSA) is 117 Å². The number of aromatic nitrogens is 4. The smallest absolute Gasteiger partial charge is 0.329 e. The van der Waals surface area contributed by atoms with Gasteiger partial charge < -0.3 is 19.7 Å². The molecule has 2 aromatic rings. The first-order valence-electron chi connectivity index (χ1n) is 8.39. The van der Waals surface area contributed by atoms with Crippen LogP contribution in [0.15, 0.2) is 9.59 Å². The fourth-order valence-corrected chi connectivity index (χ4v) is 2.96. The molecule has 10 heteroatoms. The van der Waals surface area contributed by atoms with Crippen LogP contribution in [0.2, 0.25) is 0 Å². The van der Waals surface area contributed by atoms with Gasteiger partial charge in [-0.3, -0.25) is 19.2 Å². The van der Waals surface area contributed by atoms with Crippen LogP contribution in [0.25, 0.3) is 11.2 Å². The van der Waals surface area contributed by atoms with Gasteiger partial charge in [-0.2, -0.15) is 4.98 Å². The number of rotatable bonds is 6. The van der Waals surface area contributed by atoms with Crippen molar-refractivity contribution in [3.63, 3.8) is 0 Å². The average molecular weight is 352 g/mol. The summed E-state index contributed by atoms with van der Waals surface area (Å²) in [6, 6.07) is 0. The van der Waals surface area contributed by atoms with Gasteiger partial charge in [0.1, 0.15) is 0 Å². The molecular formula is C15H24N6O4. The molecule has 0 amide bonds. The predicted molar refractivity (Wildman–Crippen MR) is 93.0 cm³/mol. The zero-order chi connectivity index (χ0) is 18.0. The largest absolute Gasteiger partial charge is 0.392 e. The van der Waals surface area contributed by atoms with Crippen molar-refractivity contribution in [2.75, 3.05) is 44.7 Å². The Kier molecular flexibility index (Phi) is 5.21. The lowest BCUT2D eigenvalue weighted by atomic mass is 10.4. The minimum atomic E-state index is -0.658. The van der Waals surface area contributed by atoms with Crippen LogP contribution >= 0.6 is 0 Å². The number of anilines is 1. The number of hydrogen-bond donors (Lipinski definition) is 3. The lowest BCUT2D eigenvalue weighted by Crippen LogP contribution is -2.39. The van der Waals surface area contributed by atoms with Gasteiger partial charge in [-0.05, 0) is 6.92 Å². The van der Waals surface area contributed by atoms with Crippen LogP contribution in [0.5, 0.6) is 0 Å². The van der Waals surface area contributed by atoms with Crippen molar-refractivity contribution < 1.29 is 9.84 Å². The first-order valence-corrected chi connectivity index (χ1v) is 8.39. The highest BCUT2D eigenvalue weighted by Crippen LogP contribution is 2.15. The summed E-state index contributed by atoms with van der Waals surface area (Å²) in [6.45, 7) is 6.54. The van der Waals surface area contributed by atoms with Gasteiger partial charge in [0.15, 0.2) is 11.2 Å². The predicted octanol–water partition coefficient (Wildman–Crippen LogP) is -1.45. The number of aromatic amines is 1. The molecule has 2 aromatic heterocycles. The SMILES string of the molecule is C[C@H](O)Cn1c(NCCN2CCOCC2)nc2c1c(=O)[nH]c(=O)n2C. The Morgan fingerprint density at radius 1 is 1.36 bits per heavy atom. The number of nitrogens with one attached hydrogen (secondary N) is 2. The first kappa shape index (κ1) is 17.6. The standard InChI is InChI=1S/C15H24N6O4/c1-10(22)9-21-11-12(19(2)15(24)18-13(11)23)17-14(21)16-3-4-20-5-7-25-8-6-20/h10,22H,3-9H2,1-2H3,(H,16,17)(H,18,23,24)/t10-/m0/s1. The maximum atomic E-state index is 12.2. The number of fused-ring (bicyclic) bond motifs is 1. The van der Waals surface area contributed by atoms with E-state index in [1.165, 1.54) is 4.57 Å². The summed E-state index contributed by atoms with van der Waals surface area (Å²) in [5, 5.41) is 13.0. The molecule has 1 saturated heterocycles. The van der Waals surface area contributed by atoms with Crippen LogP contribution in [0.3, 0.4) is 0 Å². The fourth-order valence-electron chi connectivity index (χ4n) is 2.96. The first-order chi connectivity index (χ1) is 12.0. The third-order valence-electron chi connectivity index (χ3n) is 4.27. The number of aliphatic hydroxyl groups is 1. The quantitative estimate of drug-likeness (QED) is 0.582. The van der Waals surface area contributed by atoms with E-state index in [1.807, 2.05) is 0 Å². The van der Waals surface area contributed by atoms with Crippen molar-refractivity contribution in [1.29, 1.82) is 0 Å². The second kappa shape index (κ2) is 7.38. The summed E-state index contributed by atoms with van der Waals surface area (Å²) in [6.07, 6.45) is -0.658. The molecule has 3 rings (SSSR count). The van der Waals surface area contributed by atoms with Gasteiger partial charge in [-0.15, -0.1) is 0 Å². The Bertz CT molecular complexity index is 846. The number of imidazole rings is 1. The molecule has 0 radical (unpaired) electrons. The Hall–Kier alpha value is -2.17. The van der Waals surface area contributed by atoms with E-state index in [2.05, 4.69) is 20.2 Å². The fraction of sp³-hybridized carbons (Fsp3) is 0.667. The molecule has 0 unspecified atom stereocenters. The second-order valence-electron chi connectivity index (χ2n) is 6.27. The molecule has 0 saturated carbocycles. The van der Waals surface area contributed by atoms with Gasteiger partial charge in [0.25, 0.3) is 5.56 Å². The highest BCUT2D eigenvalue weighted by Gasteiger charge is 2.18. The molecule has 1 atom stereocenters. The minimum absolute atomic E-state index is 0.206. The highest BCUT2D eigenvalue weighted by molar-refractivity contribution is 5.74. The van der Waals surface area contributed by atoms with Crippen molar-refractivity contribution in [3.8, 4) is 0 Å². The van der Waals surface area contributed by atoms with E-state index in [1.54, 1.807) is 18.5 Å². The molecule has 3 heterocycles. The number of morpholine rings is 1. The van der Waals surface area contributed by atoms with Gasteiger partial charge in [0.2, 0.25) is 5.95 Å². The minimum Gasteiger partial charge on any atom is -0.392 e. The van der Waals surface area contributed by atoms with Crippen molar-refractivity contribution in [1.82, 2.24) is 24.0 Å². The van der Waals surface area contributed by atoms with Crippen LogP contribution in [0, 0.1) is 0 Å². The maximum absolute atomic E-state index is 12.2. The molecule has 10 nitrogen and oxygen atoms in total. The Labute approximate surface area is 144 Å². The molecule has 25 heavy (non-hydrogen) atoms. The number of hydrogen-bond acceptors (Lipinski definition) is 7. The monoisotopic (exact) mass is 352 g/mol. The second-order valence-corrected chi connectivity index (χ2v) is 6.27. The normalized spacial score (nSPS) is 17.1. The van der Waals surface area contributed by atoms with E-state index in [0.29, 0.717) is 18.1 Å². The van der Waals surface area contributed by atoms with E-state index >= 15 is 0 Å². The molecule has 0 aliphatic carbocycles. The molecule has 138 valence electrons. The number of aliphatic hydroxyl groups excluding tert-OH is 1. The third-order valence-corrected chi connectivity index (χ3v) is 4.27. The lowest BCUT2D eigenvalue weighted by molar-refractivity contribution is 0.0398. The van der Waals surface area contributed by atoms with Gasteiger partial charge in [0, 0.05) is 33.2 Å². The molecule has 0 aromatic carbocycles. The molecule has 1 fully saturated rings. The summed E-state index contributed by atoms with van der Waals surface area (Å²) < 4.78 is 8.24. The van der Waals surface area contributed by atoms with Crippen molar-refractivity contribution in [3.05, 3.63) is 20.8 Å². The molecular weight excluding hydrogens is 328 g/mol. The van der Waals surface area contributed by atoms with Crippen LogP contribution in [0.1, 0.15) is 6.92 Å². The summed E-state index contributed by atoms with van der Waals surface area (Å²) in [4.78, 5) is 33.0. The summed E-state index contributed by atoms with van der Waals surface area (Å²) in [5.41, 5.74) is -0.452. The van der Waals surface area contributed by atoms with Crippen LogP contribution in [0.4, 0.5) is 5.95 Å². The van der Waals surface area contributed by atoms with Crippen molar-refractivity contribution in [2.45, 2.75) is 19.6 Å². The lowest BCUT2D eigenvalue weighted by Gasteiger charge is -2.26. The van der Waals surface area contributed by atoms with E-state index in [-0.39, 0.29) is 12.1 Å². The van der Waals surface area contributed by atoms with Gasteiger partial charge in [-0.25, -0.2) is 4.79 Å². The average Bonchev–Trinajstić information content (AvgIpc) is 2.92. The van der Waals surface area contributed by atoms with E-state index < -0.39 is 17.4 Å². The maximum Gasteiger partial charge on any atom is 0.329 e. The highest BCUT2D eigenvalue weighted by atomic mass is 16.5. The number of ether oxygens (including phenoxy) is 1. The summed E-state index contributed by atoms with van der Waals surface area (Å²) in [7, 11) is 1.55.